The number of nitrogens with zero attached hydrogens (tertiary/aromatic N) is 2. The summed E-state index contributed by atoms with van der Waals surface area (Å²) >= 11 is 0. The number of aliphatic imine (C=N–C) groups is 1. The van der Waals surface area contributed by atoms with E-state index in [9.17, 15) is 4.79 Å². The highest BCUT2D eigenvalue weighted by Crippen LogP contribution is 2.21. The molecular formula is C14H13N3O3. The number of allylic oxidation sites excluding steroid dienone is 1. The lowest BCUT2D eigenvalue weighted by Crippen LogP contribution is -1.92. The summed E-state index contributed by atoms with van der Waals surface area (Å²) in [5.41, 5.74) is 8.46. The van der Waals surface area contributed by atoms with Crippen molar-refractivity contribution in [2.45, 2.75) is 0 Å². The molecule has 0 saturated heterocycles. The van der Waals surface area contributed by atoms with Crippen LogP contribution >= 0.6 is 0 Å². The minimum Gasteiger partial charge on any atom is -0.475 e. The molecule has 0 radical (unpaired) electrons. The molecule has 0 amide bonds. The van der Waals surface area contributed by atoms with Crippen molar-refractivity contribution in [1.82, 2.24) is 5.16 Å². The van der Waals surface area contributed by atoms with Crippen molar-refractivity contribution in [3.63, 3.8) is 0 Å². The van der Waals surface area contributed by atoms with E-state index in [1.54, 1.807) is 13.3 Å². The predicted molar refractivity (Wildman–Crippen MR) is 75.5 cm³/mol. The Labute approximate surface area is 115 Å². The Balaban J connectivity index is 2.29. The van der Waals surface area contributed by atoms with E-state index < -0.39 is 5.97 Å². The van der Waals surface area contributed by atoms with Crippen molar-refractivity contribution in [2.24, 2.45) is 10.7 Å². The molecule has 0 fully saturated rings. The van der Waals surface area contributed by atoms with Gasteiger partial charge in [-0.1, -0.05) is 29.4 Å². The van der Waals surface area contributed by atoms with Gasteiger partial charge in [-0.3, -0.25) is 4.99 Å². The van der Waals surface area contributed by atoms with Gasteiger partial charge in [0.05, 0.1) is 0 Å². The van der Waals surface area contributed by atoms with Gasteiger partial charge in [0.15, 0.2) is 0 Å². The minimum atomic E-state index is -1.15. The lowest BCUT2D eigenvalue weighted by Gasteiger charge is -2.02. The van der Waals surface area contributed by atoms with E-state index in [1.165, 1.54) is 12.3 Å². The molecule has 0 bridgehead atoms. The Morgan fingerprint density at radius 3 is 2.60 bits per heavy atom. The molecule has 2 aromatic rings. The maximum Gasteiger partial charge on any atom is 0.374 e. The average Bonchev–Trinajstić information content (AvgIpc) is 2.95. The lowest BCUT2D eigenvalue weighted by molar-refractivity contribution is 0.0652. The highest BCUT2D eigenvalue weighted by atomic mass is 16.5. The number of rotatable bonds is 4. The molecule has 20 heavy (non-hydrogen) atoms. The predicted octanol–water partition coefficient (Wildman–Crippen LogP) is 2.04. The first-order valence-electron chi connectivity index (χ1n) is 5.80. The number of hydrogen-bond acceptors (Lipinski definition) is 5. The van der Waals surface area contributed by atoms with Gasteiger partial charge in [0.2, 0.25) is 5.76 Å². The minimum absolute atomic E-state index is 0.190. The van der Waals surface area contributed by atoms with Crippen molar-refractivity contribution >= 4 is 17.8 Å². The third-order valence-electron chi connectivity index (χ3n) is 2.68. The second-order valence-corrected chi connectivity index (χ2v) is 3.97. The molecule has 0 aliphatic heterocycles. The lowest BCUT2D eigenvalue weighted by atomic mass is 10.0. The first-order valence-corrected chi connectivity index (χ1v) is 5.80. The summed E-state index contributed by atoms with van der Waals surface area (Å²) in [6.45, 7) is 0. The number of aromatic carboxylic acids is 1. The number of hydrogen-bond donors (Lipinski definition) is 2. The van der Waals surface area contributed by atoms with Gasteiger partial charge in [-0.25, -0.2) is 4.79 Å². The number of aromatic nitrogens is 1. The molecule has 6 heteroatoms. The summed E-state index contributed by atoms with van der Waals surface area (Å²) in [6, 6.07) is 8.71. The van der Waals surface area contributed by atoms with Crippen LogP contribution < -0.4 is 5.73 Å². The second kappa shape index (κ2) is 5.83. The summed E-state index contributed by atoms with van der Waals surface area (Å²) < 4.78 is 4.72. The van der Waals surface area contributed by atoms with Crippen LogP contribution in [-0.2, 0) is 0 Å². The average molecular weight is 271 g/mol. The third kappa shape index (κ3) is 2.74. The van der Waals surface area contributed by atoms with Crippen molar-refractivity contribution < 1.29 is 14.4 Å². The molecule has 102 valence electrons. The third-order valence-corrected chi connectivity index (χ3v) is 2.68. The van der Waals surface area contributed by atoms with Crippen LogP contribution in [0.15, 0.2) is 46.0 Å². The second-order valence-electron chi connectivity index (χ2n) is 3.97. The fourth-order valence-corrected chi connectivity index (χ4v) is 1.70. The molecule has 0 aliphatic carbocycles. The summed E-state index contributed by atoms with van der Waals surface area (Å²) in [4.78, 5) is 14.7. The topological polar surface area (TPSA) is 102 Å². The van der Waals surface area contributed by atoms with Crippen LogP contribution in [0.1, 0.15) is 16.1 Å². The Morgan fingerprint density at radius 2 is 2.10 bits per heavy atom. The van der Waals surface area contributed by atoms with Crippen LogP contribution in [0.3, 0.4) is 0 Å². The molecule has 1 heterocycles. The maximum atomic E-state index is 10.7. The van der Waals surface area contributed by atoms with Crippen molar-refractivity contribution in [3.05, 3.63) is 47.9 Å². The summed E-state index contributed by atoms with van der Waals surface area (Å²) in [5.74, 6) is -1.34. The van der Waals surface area contributed by atoms with Gasteiger partial charge < -0.3 is 15.4 Å². The smallest absolute Gasteiger partial charge is 0.374 e. The molecule has 0 spiro atoms. The molecule has 0 aliphatic rings. The van der Waals surface area contributed by atoms with Gasteiger partial charge in [-0.05, 0) is 5.56 Å². The number of carboxylic acid groups (broad SMARTS) is 1. The van der Waals surface area contributed by atoms with E-state index in [0.29, 0.717) is 5.69 Å². The van der Waals surface area contributed by atoms with E-state index in [-0.39, 0.29) is 5.76 Å². The molecule has 1 aromatic carbocycles. The standard InChI is InChI=1S/C14H13N3O3/c1-16-8-11(7-15)9-2-4-10(5-3-9)12-6-13(14(18)19)20-17-12/h2-8H,15H2,1H3,(H,18,19)/b11-7+,16-8?. The zero-order chi connectivity index (χ0) is 14.5. The Kier molecular flexibility index (Phi) is 3.95. The zero-order valence-electron chi connectivity index (χ0n) is 10.8. The van der Waals surface area contributed by atoms with Gasteiger partial charge >= 0.3 is 5.97 Å². The summed E-state index contributed by atoms with van der Waals surface area (Å²) in [5, 5.41) is 12.5. The van der Waals surface area contributed by atoms with Gasteiger partial charge in [0.25, 0.3) is 0 Å². The SMILES string of the molecule is CN=C/C(=C\N)c1ccc(-c2cc(C(=O)O)on2)cc1. The van der Waals surface area contributed by atoms with Gasteiger partial charge in [-0.2, -0.15) is 0 Å². The van der Waals surface area contributed by atoms with Crippen LogP contribution in [0.25, 0.3) is 16.8 Å². The van der Waals surface area contributed by atoms with E-state index >= 15 is 0 Å². The van der Waals surface area contributed by atoms with E-state index in [2.05, 4.69) is 10.1 Å². The van der Waals surface area contributed by atoms with Crippen molar-refractivity contribution in [2.75, 3.05) is 7.05 Å². The molecule has 0 atom stereocenters. The van der Waals surface area contributed by atoms with Crippen molar-refractivity contribution in [1.29, 1.82) is 0 Å². The molecule has 6 nitrogen and oxygen atoms in total. The fourth-order valence-electron chi connectivity index (χ4n) is 1.70. The van der Waals surface area contributed by atoms with E-state index in [0.717, 1.165) is 16.7 Å². The molecule has 1 aromatic heterocycles. The molecule has 2 rings (SSSR count). The summed E-state index contributed by atoms with van der Waals surface area (Å²) in [6.07, 6.45) is 3.13. The quantitative estimate of drug-likeness (QED) is 0.828. The van der Waals surface area contributed by atoms with Gasteiger partial charge in [-0.15, -0.1) is 0 Å². The first kappa shape index (κ1) is 13.5. The Hall–Kier alpha value is -2.89. The molecular weight excluding hydrogens is 258 g/mol. The van der Waals surface area contributed by atoms with Crippen LogP contribution in [0, 0.1) is 0 Å². The maximum absolute atomic E-state index is 10.7. The highest BCUT2D eigenvalue weighted by molar-refractivity contribution is 6.09. The normalized spacial score (nSPS) is 11.9. The zero-order valence-corrected chi connectivity index (χ0v) is 10.8. The highest BCUT2D eigenvalue weighted by Gasteiger charge is 2.12. The number of benzene rings is 1. The van der Waals surface area contributed by atoms with Crippen LogP contribution in [0.2, 0.25) is 0 Å². The van der Waals surface area contributed by atoms with Crippen LogP contribution in [0.4, 0.5) is 0 Å². The molecule has 0 unspecified atom stereocenters. The monoisotopic (exact) mass is 271 g/mol. The first-order chi connectivity index (χ1) is 9.65. The molecule has 0 saturated carbocycles. The van der Waals surface area contributed by atoms with E-state index in [1.807, 2.05) is 24.3 Å². The largest absolute Gasteiger partial charge is 0.475 e. The number of carbonyl (C=O) groups is 1. The Bertz CT molecular complexity index is 669. The summed E-state index contributed by atoms with van der Waals surface area (Å²) in [7, 11) is 1.67. The number of nitrogens with two attached hydrogens (primary N) is 1. The fraction of sp³-hybridized carbons (Fsp3) is 0.0714. The van der Waals surface area contributed by atoms with Crippen LogP contribution in [-0.4, -0.2) is 29.5 Å². The van der Waals surface area contributed by atoms with Crippen LogP contribution in [0.5, 0.6) is 0 Å². The Morgan fingerprint density at radius 1 is 1.40 bits per heavy atom. The molecule has 3 N–H and O–H groups in total. The number of carboxylic acids is 1. The van der Waals surface area contributed by atoms with E-state index in [4.69, 9.17) is 15.4 Å². The van der Waals surface area contributed by atoms with Gasteiger partial charge in [0, 0.05) is 36.7 Å². The van der Waals surface area contributed by atoms with Gasteiger partial charge in [0.1, 0.15) is 5.69 Å². The van der Waals surface area contributed by atoms with Crippen molar-refractivity contribution in [3.8, 4) is 11.3 Å².